The molecule has 0 fully saturated rings. The second-order valence-corrected chi connectivity index (χ2v) is 6.40. The third-order valence-electron chi connectivity index (χ3n) is 3.56. The molecule has 1 aromatic rings. The Kier molecular flexibility index (Phi) is 8.63. The van der Waals surface area contributed by atoms with E-state index in [9.17, 15) is 0 Å². The molecule has 0 radical (unpaired) electrons. The number of aliphatic imine (C=N–C) groups is 1. The molecule has 5 nitrogen and oxygen atoms in total. The Bertz CT molecular complexity index is 436. The molecule has 1 rings (SSSR count). The van der Waals surface area contributed by atoms with Gasteiger partial charge in [-0.25, -0.2) is 0 Å². The highest BCUT2D eigenvalue weighted by Crippen LogP contribution is 2.06. The summed E-state index contributed by atoms with van der Waals surface area (Å²) in [6, 6.07) is 0.457. The van der Waals surface area contributed by atoms with Crippen LogP contribution in [0.25, 0.3) is 0 Å². The van der Waals surface area contributed by atoms with Crippen LogP contribution in [0.2, 0.25) is 0 Å². The molecule has 1 atom stereocenters. The van der Waals surface area contributed by atoms with Gasteiger partial charge in [-0.1, -0.05) is 13.8 Å². The Hall–Kier alpha value is -1.52. The fourth-order valence-electron chi connectivity index (χ4n) is 2.28. The van der Waals surface area contributed by atoms with E-state index in [0.717, 1.165) is 37.8 Å². The van der Waals surface area contributed by atoms with Crippen LogP contribution >= 0.6 is 0 Å². The molecule has 0 saturated carbocycles. The van der Waals surface area contributed by atoms with Gasteiger partial charge in [0.1, 0.15) is 0 Å². The lowest BCUT2D eigenvalue weighted by atomic mass is 10.0. The number of rotatable bonds is 9. The molecule has 0 aliphatic heterocycles. The van der Waals surface area contributed by atoms with Gasteiger partial charge >= 0.3 is 0 Å². The average molecular weight is 307 g/mol. The number of aromatic nitrogens is 2. The summed E-state index contributed by atoms with van der Waals surface area (Å²) in [5.41, 5.74) is 1.28. The maximum atomic E-state index is 4.67. The molecule has 0 aliphatic rings. The molecule has 126 valence electrons. The summed E-state index contributed by atoms with van der Waals surface area (Å²) in [5, 5.41) is 11.0. The molecular weight excluding hydrogens is 274 g/mol. The van der Waals surface area contributed by atoms with Crippen molar-refractivity contribution >= 4 is 5.96 Å². The van der Waals surface area contributed by atoms with Gasteiger partial charge in [-0.15, -0.1) is 0 Å². The highest BCUT2D eigenvalue weighted by Gasteiger charge is 2.06. The molecule has 5 heteroatoms. The van der Waals surface area contributed by atoms with Gasteiger partial charge in [-0.2, -0.15) is 5.10 Å². The largest absolute Gasteiger partial charge is 0.357 e. The van der Waals surface area contributed by atoms with Crippen molar-refractivity contribution in [1.29, 1.82) is 0 Å². The monoisotopic (exact) mass is 307 g/mol. The normalized spacial score (nSPS) is 13.5. The Morgan fingerprint density at radius 1 is 1.32 bits per heavy atom. The van der Waals surface area contributed by atoms with Gasteiger partial charge < -0.3 is 10.6 Å². The number of hydrogen-bond donors (Lipinski definition) is 2. The molecule has 1 heterocycles. The Balaban J connectivity index is 2.34. The molecule has 0 spiro atoms. The quantitative estimate of drug-likeness (QED) is 0.419. The van der Waals surface area contributed by atoms with Crippen molar-refractivity contribution in [3.05, 3.63) is 18.0 Å². The van der Waals surface area contributed by atoms with Crippen molar-refractivity contribution in [3.8, 4) is 0 Å². The Morgan fingerprint density at radius 3 is 2.68 bits per heavy atom. The first-order valence-corrected chi connectivity index (χ1v) is 8.53. The van der Waals surface area contributed by atoms with Gasteiger partial charge in [0.05, 0.1) is 6.20 Å². The van der Waals surface area contributed by atoms with Crippen molar-refractivity contribution in [1.82, 2.24) is 20.4 Å². The van der Waals surface area contributed by atoms with Gasteiger partial charge in [-0.05, 0) is 51.0 Å². The van der Waals surface area contributed by atoms with Crippen LogP contribution in [0.15, 0.2) is 17.4 Å². The number of aryl methyl sites for hydroxylation is 2. The van der Waals surface area contributed by atoms with E-state index in [-0.39, 0.29) is 0 Å². The summed E-state index contributed by atoms with van der Waals surface area (Å²) in [7, 11) is 1.95. The third kappa shape index (κ3) is 8.05. The lowest BCUT2D eigenvalue weighted by Crippen LogP contribution is -2.42. The van der Waals surface area contributed by atoms with Gasteiger partial charge in [0.15, 0.2) is 5.96 Å². The predicted molar refractivity (Wildman–Crippen MR) is 94.2 cm³/mol. The zero-order valence-electron chi connectivity index (χ0n) is 14.9. The van der Waals surface area contributed by atoms with E-state index in [2.05, 4.69) is 54.6 Å². The number of hydrogen-bond acceptors (Lipinski definition) is 2. The van der Waals surface area contributed by atoms with E-state index < -0.39 is 0 Å². The zero-order valence-corrected chi connectivity index (χ0v) is 14.9. The minimum Gasteiger partial charge on any atom is -0.357 e. The SMILES string of the molecule is CCNC(=NCCCc1cnn(C)c1)NC(C)CCC(C)C. The van der Waals surface area contributed by atoms with Crippen molar-refractivity contribution < 1.29 is 0 Å². The zero-order chi connectivity index (χ0) is 16.4. The number of nitrogens with zero attached hydrogens (tertiary/aromatic N) is 3. The van der Waals surface area contributed by atoms with E-state index in [0.29, 0.717) is 6.04 Å². The van der Waals surface area contributed by atoms with Gasteiger partial charge in [0.25, 0.3) is 0 Å². The second kappa shape index (κ2) is 10.2. The van der Waals surface area contributed by atoms with Gasteiger partial charge in [0, 0.05) is 32.4 Å². The molecule has 22 heavy (non-hydrogen) atoms. The third-order valence-corrected chi connectivity index (χ3v) is 3.56. The van der Waals surface area contributed by atoms with Crippen LogP contribution in [-0.2, 0) is 13.5 Å². The summed E-state index contributed by atoms with van der Waals surface area (Å²) in [6.07, 6.45) is 8.50. The average Bonchev–Trinajstić information content (AvgIpc) is 2.87. The summed E-state index contributed by atoms with van der Waals surface area (Å²) < 4.78 is 1.85. The van der Waals surface area contributed by atoms with Crippen LogP contribution in [0.5, 0.6) is 0 Å². The van der Waals surface area contributed by atoms with Gasteiger partial charge in [0.2, 0.25) is 0 Å². The Labute approximate surface area is 135 Å². The maximum absolute atomic E-state index is 4.67. The molecule has 0 aromatic carbocycles. The van der Waals surface area contributed by atoms with Gasteiger partial charge in [-0.3, -0.25) is 9.67 Å². The lowest BCUT2D eigenvalue weighted by Gasteiger charge is -2.18. The van der Waals surface area contributed by atoms with E-state index in [1.165, 1.54) is 18.4 Å². The van der Waals surface area contributed by atoms with E-state index in [1.807, 2.05) is 17.9 Å². The maximum Gasteiger partial charge on any atom is 0.191 e. The molecule has 0 bridgehead atoms. The summed E-state index contributed by atoms with van der Waals surface area (Å²) in [6.45, 7) is 10.6. The Morgan fingerprint density at radius 2 is 2.09 bits per heavy atom. The van der Waals surface area contributed by atoms with E-state index in [4.69, 9.17) is 0 Å². The molecule has 2 N–H and O–H groups in total. The molecule has 1 unspecified atom stereocenters. The van der Waals surface area contributed by atoms with Crippen LogP contribution < -0.4 is 10.6 Å². The van der Waals surface area contributed by atoms with Crippen LogP contribution in [0.4, 0.5) is 0 Å². The molecular formula is C17H33N5. The van der Waals surface area contributed by atoms with Crippen LogP contribution in [0, 0.1) is 5.92 Å². The summed E-state index contributed by atoms with van der Waals surface area (Å²) in [4.78, 5) is 4.67. The highest BCUT2D eigenvalue weighted by molar-refractivity contribution is 5.80. The first-order valence-electron chi connectivity index (χ1n) is 8.53. The van der Waals surface area contributed by atoms with Crippen molar-refractivity contribution in [2.45, 2.75) is 59.4 Å². The van der Waals surface area contributed by atoms with E-state index in [1.54, 1.807) is 0 Å². The number of guanidine groups is 1. The van der Waals surface area contributed by atoms with E-state index >= 15 is 0 Å². The molecule has 0 saturated heterocycles. The summed E-state index contributed by atoms with van der Waals surface area (Å²) >= 11 is 0. The first-order chi connectivity index (χ1) is 10.5. The predicted octanol–water partition coefficient (Wildman–Crippen LogP) is 2.73. The minimum absolute atomic E-state index is 0.457. The van der Waals surface area contributed by atoms with Crippen LogP contribution in [0.1, 0.15) is 52.5 Å². The second-order valence-electron chi connectivity index (χ2n) is 6.40. The smallest absolute Gasteiger partial charge is 0.191 e. The molecule has 0 aliphatic carbocycles. The van der Waals surface area contributed by atoms with Crippen LogP contribution in [0.3, 0.4) is 0 Å². The standard InChI is InChI=1S/C17H33N5/c1-6-18-17(21-15(4)10-9-14(2)3)19-11-7-8-16-12-20-22(5)13-16/h12-15H,6-11H2,1-5H3,(H2,18,19,21). The highest BCUT2D eigenvalue weighted by atomic mass is 15.2. The lowest BCUT2D eigenvalue weighted by molar-refractivity contribution is 0.489. The first kappa shape index (κ1) is 18.5. The fraction of sp³-hybridized carbons (Fsp3) is 0.765. The van der Waals surface area contributed by atoms with Crippen molar-refractivity contribution in [2.24, 2.45) is 18.0 Å². The molecule has 0 amide bonds. The summed E-state index contributed by atoms with van der Waals surface area (Å²) in [5.74, 6) is 1.69. The van der Waals surface area contributed by atoms with Crippen molar-refractivity contribution in [2.75, 3.05) is 13.1 Å². The fourth-order valence-corrected chi connectivity index (χ4v) is 2.28. The molecule has 1 aromatic heterocycles. The topological polar surface area (TPSA) is 54.2 Å². The minimum atomic E-state index is 0.457. The van der Waals surface area contributed by atoms with Crippen molar-refractivity contribution in [3.63, 3.8) is 0 Å². The van der Waals surface area contributed by atoms with Crippen LogP contribution in [-0.4, -0.2) is 34.9 Å². The number of nitrogens with one attached hydrogen (secondary N) is 2.